The minimum Gasteiger partial charge on any atom is -0.480 e. The molecule has 0 aromatic heterocycles. The number of carbonyl (C=O) groups excluding carboxylic acids is 1. The van der Waals surface area contributed by atoms with E-state index in [0.29, 0.717) is 18.8 Å². The van der Waals surface area contributed by atoms with Crippen molar-refractivity contribution in [1.82, 2.24) is 10.2 Å². The number of urea groups is 1. The van der Waals surface area contributed by atoms with Crippen LogP contribution in [0.5, 0.6) is 0 Å². The van der Waals surface area contributed by atoms with Crippen molar-refractivity contribution in [1.29, 1.82) is 0 Å². The second-order valence-electron chi connectivity index (χ2n) is 5.90. The fourth-order valence-corrected chi connectivity index (χ4v) is 2.75. The van der Waals surface area contributed by atoms with Gasteiger partial charge in [0.2, 0.25) is 0 Å². The predicted octanol–water partition coefficient (Wildman–Crippen LogP) is 1.43. The number of carboxylic acid groups (broad SMARTS) is 1. The zero-order valence-electron chi connectivity index (χ0n) is 12.6. The summed E-state index contributed by atoms with van der Waals surface area (Å²) in [6.45, 7) is 3.87. The summed E-state index contributed by atoms with van der Waals surface area (Å²) in [5, 5.41) is 21.4. The molecule has 0 radical (unpaired) electrons. The molecule has 0 saturated heterocycles. The minimum atomic E-state index is -1.16. The average Bonchev–Trinajstić information content (AvgIpc) is 2.38. The van der Waals surface area contributed by atoms with Gasteiger partial charge < -0.3 is 20.4 Å². The standard InChI is InChI=1S/C14H26N2O4/c1-4-11-5-7-14(8-6-11,12(18)19)15-13(20)16(3)9-10(2)17/h10-11,17H,4-9H2,1-3H3,(H,15,20)(H,18,19). The first-order valence-corrected chi connectivity index (χ1v) is 7.25. The summed E-state index contributed by atoms with van der Waals surface area (Å²) < 4.78 is 0. The Morgan fingerprint density at radius 2 is 1.95 bits per heavy atom. The van der Waals surface area contributed by atoms with Crippen LogP contribution in [0, 0.1) is 5.92 Å². The first-order chi connectivity index (χ1) is 9.30. The van der Waals surface area contributed by atoms with Gasteiger partial charge in [-0.1, -0.05) is 13.3 Å². The van der Waals surface area contributed by atoms with Gasteiger partial charge in [0.15, 0.2) is 0 Å². The van der Waals surface area contributed by atoms with E-state index in [1.807, 2.05) is 0 Å². The lowest BCUT2D eigenvalue weighted by atomic mass is 9.75. The fraction of sp³-hybridized carbons (Fsp3) is 0.857. The molecule has 20 heavy (non-hydrogen) atoms. The molecule has 0 aromatic carbocycles. The van der Waals surface area contributed by atoms with Crippen LogP contribution in [0.15, 0.2) is 0 Å². The average molecular weight is 286 g/mol. The Bertz CT molecular complexity index is 349. The maximum absolute atomic E-state index is 12.0. The highest BCUT2D eigenvalue weighted by Gasteiger charge is 2.43. The molecular formula is C14H26N2O4. The molecule has 2 amide bonds. The Morgan fingerprint density at radius 1 is 1.40 bits per heavy atom. The summed E-state index contributed by atoms with van der Waals surface area (Å²) >= 11 is 0. The molecule has 1 atom stereocenters. The third-order valence-corrected chi connectivity index (χ3v) is 4.18. The van der Waals surface area contributed by atoms with Crippen LogP contribution in [0.3, 0.4) is 0 Å². The predicted molar refractivity (Wildman–Crippen MR) is 75.5 cm³/mol. The first-order valence-electron chi connectivity index (χ1n) is 7.25. The molecule has 1 unspecified atom stereocenters. The normalized spacial score (nSPS) is 27.7. The Balaban J connectivity index is 2.69. The Hall–Kier alpha value is -1.30. The number of rotatable bonds is 5. The number of nitrogens with one attached hydrogen (secondary N) is 1. The molecule has 1 rings (SSSR count). The number of nitrogens with zero attached hydrogens (tertiary/aromatic N) is 1. The number of aliphatic hydroxyl groups is 1. The summed E-state index contributed by atoms with van der Waals surface area (Å²) in [6.07, 6.45) is 2.99. The van der Waals surface area contributed by atoms with E-state index in [2.05, 4.69) is 12.2 Å². The molecule has 0 aliphatic heterocycles. The number of carboxylic acids is 1. The monoisotopic (exact) mass is 286 g/mol. The lowest BCUT2D eigenvalue weighted by Crippen LogP contribution is -2.59. The van der Waals surface area contributed by atoms with Gasteiger partial charge in [-0.3, -0.25) is 0 Å². The van der Waals surface area contributed by atoms with Gasteiger partial charge in [-0.25, -0.2) is 9.59 Å². The van der Waals surface area contributed by atoms with Crippen molar-refractivity contribution < 1.29 is 19.8 Å². The van der Waals surface area contributed by atoms with Gasteiger partial charge in [0.1, 0.15) is 5.54 Å². The van der Waals surface area contributed by atoms with Crippen molar-refractivity contribution in [3.63, 3.8) is 0 Å². The van der Waals surface area contributed by atoms with Gasteiger partial charge in [-0.05, 0) is 38.5 Å². The smallest absolute Gasteiger partial charge is 0.329 e. The number of aliphatic carboxylic acids is 1. The fourth-order valence-electron chi connectivity index (χ4n) is 2.75. The summed E-state index contributed by atoms with van der Waals surface area (Å²) in [4.78, 5) is 24.9. The second kappa shape index (κ2) is 6.92. The van der Waals surface area contributed by atoms with Crippen LogP contribution in [0.4, 0.5) is 4.79 Å². The number of likely N-dealkylation sites (N-methyl/N-ethyl adjacent to an activating group) is 1. The van der Waals surface area contributed by atoms with Crippen molar-refractivity contribution in [2.45, 2.75) is 57.6 Å². The quantitative estimate of drug-likeness (QED) is 0.713. The Labute approximate surface area is 120 Å². The molecule has 0 aromatic rings. The second-order valence-corrected chi connectivity index (χ2v) is 5.90. The topological polar surface area (TPSA) is 89.9 Å². The van der Waals surface area contributed by atoms with E-state index < -0.39 is 23.6 Å². The molecule has 1 aliphatic carbocycles. The van der Waals surface area contributed by atoms with E-state index in [1.165, 1.54) is 4.90 Å². The molecular weight excluding hydrogens is 260 g/mol. The van der Waals surface area contributed by atoms with Crippen LogP contribution in [-0.4, -0.2) is 52.3 Å². The largest absolute Gasteiger partial charge is 0.480 e. The number of carbonyl (C=O) groups is 2. The van der Waals surface area contributed by atoms with Gasteiger partial charge in [-0.2, -0.15) is 0 Å². The maximum atomic E-state index is 12.0. The molecule has 0 heterocycles. The van der Waals surface area contributed by atoms with Gasteiger partial charge >= 0.3 is 12.0 Å². The lowest BCUT2D eigenvalue weighted by molar-refractivity contribution is -0.146. The highest BCUT2D eigenvalue weighted by Crippen LogP contribution is 2.34. The molecule has 116 valence electrons. The van der Waals surface area contributed by atoms with Gasteiger partial charge in [0.25, 0.3) is 0 Å². The number of hydrogen-bond donors (Lipinski definition) is 3. The van der Waals surface area contributed by atoms with Gasteiger partial charge in [0, 0.05) is 13.6 Å². The molecule has 1 saturated carbocycles. The third kappa shape index (κ3) is 4.10. The molecule has 6 nitrogen and oxygen atoms in total. The van der Waals surface area contributed by atoms with Crippen molar-refractivity contribution in [2.75, 3.05) is 13.6 Å². The van der Waals surface area contributed by atoms with Crippen molar-refractivity contribution in [2.24, 2.45) is 5.92 Å². The highest BCUT2D eigenvalue weighted by molar-refractivity contribution is 5.86. The van der Waals surface area contributed by atoms with E-state index in [1.54, 1.807) is 14.0 Å². The SMILES string of the molecule is CCC1CCC(NC(=O)N(C)CC(C)O)(C(=O)O)CC1. The van der Waals surface area contributed by atoms with Crippen molar-refractivity contribution in [3.05, 3.63) is 0 Å². The van der Waals surface area contributed by atoms with Crippen molar-refractivity contribution in [3.8, 4) is 0 Å². The number of amides is 2. The van der Waals surface area contributed by atoms with Crippen molar-refractivity contribution >= 4 is 12.0 Å². The van der Waals surface area contributed by atoms with Crippen LogP contribution >= 0.6 is 0 Å². The summed E-state index contributed by atoms with van der Waals surface area (Å²) in [6, 6.07) is -0.441. The van der Waals surface area contributed by atoms with E-state index in [9.17, 15) is 19.8 Å². The Kier molecular flexibility index (Phi) is 5.80. The van der Waals surface area contributed by atoms with E-state index in [0.717, 1.165) is 19.3 Å². The Morgan fingerprint density at radius 3 is 2.35 bits per heavy atom. The van der Waals surface area contributed by atoms with E-state index >= 15 is 0 Å². The minimum absolute atomic E-state index is 0.180. The van der Waals surface area contributed by atoms with Crippen LogP contribution in [0.25, 0.3) is 0 Å². The molecule has 3 N–H and O–H groups in total. The zero-order chi connectivity index (χ0) is 15.3. The third-order valence-electron chi connectivity index (χ3n) is 4.18. The number of hydrogen-bond acceptors (Lipinski definition) is 3. The van der Waals surface area contributed by atoms with Crippen LogP contribution in [-0.2, 0) is 4.79 Å². The van der Waals surface area contributed by atoms with Crippen LogP contribution < -0.4 is 5.32 Å². The molecule has 6 heteroatoms. The maximum Gasteiger partial charge on any atom is 0.329 e. The molecule has 1 fully saturated rings. The lowest BCUT2D eigenvalue weighted by Gasteiger charge is -2.38. The molecule has 0 bridgehead atoms. The van der Waals surface area contributed by atoms with Gasteiger partial charge in [0.05, 0.1) is 6.10 Å². The number of aliphatic hydroxyl groups excluding tert-OH is 1. The summed E-state index contributed by atoms with van der Waals surface area (Å²) in [5.41, 5.74) is -1.16. The van der Waals surface area contributed by atoms with Crippen LogP contribution in [0.2, 0.25) is 0 Å². The van der Waals surface area contributed by atoms with E-state index in [4.69, 9.17) is 0 Å². The van der Waals surface area contributed by atoms with E-state index in [-0.39, 0.29) is 6.54 Å². The molecule has 1 aliphatic rings. The highest BCUT2D eigenvalue weighted by atomic mass is 16.4. The summed E-state index contributed by atoms with van der Waals surface area (Å²) in [7, 11) is 1.55. The van der Waals surface area contributed by atoms with Crippen LogP contribution in [0.1, 0.15) is 46.0 Å². The summed E-state index contributed by atoms with van der Waals surface area (Å²) in [5.74, 6) is -0.416. The molecule has 0 spiro atoms. The first kappa shape index (κ1) is 16.8. The zero-order valence-corrected chi connectivity index (χ0v) is 12.6. The van der Waals surface area contributed by atoms with Gasteiger partial charge in [-0.15, -0.1) is 0 Å².